The van der Waals surface area contributed by atoms with Crippen LogP contribution in [0.4, 0.5) is 5.69 Å². The fraction of sp³-hybridized carbons (Fsp3) is 0.333. The molecule has 1 aliphatic heterocycles. The second-order valence-electron chi connectivity index (χ2n) is 6.74. The maximum Gasteiger partial charge on any atom is 0.254 e. The lowest BCUT2D eigenvalue weighted by Crippen LogP contribution is -2.50. The number of nitrogens with zero attached hydrogens (tertiary/aromatic N) is 2. The molecule has 0 aliphatic carbocycles. The summed E-state index contributed by atoms with van der Waals surface area (Å²) in [5.41, 5.74) is 7.59. The van der Waals surface area contributed by atoms with Crippen LogP contribution >= 0.6 is 0 Å². The molecule has 0 atom stereocenters. The fourth-order valence-electron chi connectivity index (χ4n) is 3.20. The van der Waals surface area contributed by atoms with E-state index in [2.05, 4.69) is 10.2 Å². The van der Waals surface area contributed by atoms with E-state index in [1.807, 2.05) is 4.90 Å². The number of hydrogen-bond donors (Lipinski definition) is 2. The van der Waals surface area contributed by atoms with E-state index in [-0.39, 0.29) is 11.8 Å². The van der Waals surface area contributed by atoms with Gasteiger partial charge in [-0.05, 0) is 42.5 Å². The number of nitrogen functional groups attached to an aromatic ring is 1. The minimum absolute atomic E-state index is 0.0137. The summed E-state index contributed by atoms with van der Waals surface area (Å²) in [4.78, 5) is 28.8. The van der Waals surface area contributed by atoms with E-state index in [0.717, 1.165) is 25.4 Å². The lowest BCUT2D eigenvalue weighted by molar-refractivity contribution is 0.0638. The van der Waals surface area contributed by atoms with Gasteiger partial charge in [0, 0.05) is 56.1 Å². The van der Waals surface area contributed by atoms with Gasteiger partial charge in [0.15, 0.2) is 0 Å². The van der Waals surface area contributed by atoms with Crippen molar-refractivity contribution in [2.45, 2.75) is 0 Å². The first-order valence-corrected chi connectivity index (χ1v) is 9.36. The Morgan fingerprint density at radius 1 is 1.04 bits per heavy atom. The summed E-state index contributed by atoms with van der Waals surface area (Å²) in [6.07, 6.45) is 0. The molecule has 0 bridgehead atoms. The summed E-state index contributed by atoms with van der Waals surface area (Å²) in [6.45, 7) is 4.22. The third-order valence-corrected chi connectivity index (χ3v) is 4.86. The standard InChI is InChI=1S/C21H26N4O3/c1-28-19-7-5-16(6-8-19)20(26)23-9-10-24-11-13-25(14-12-24)21(27)17-3-2-4-18(22)15-17/h2-8,15H,9-14,22H2,1H3,(H,23,26). The van der Waals surface area contributed by atoms with Gasteiger partial charge in [0.25, 0.3) is 11.8 Å². The minimum atomic E-state index is -0.0990. The Kier molecular flexibility index (Phi) is 6.49. The summed E-state index contributed by atoms with van der Waals surface area (Å²) in [5, 5.41) is 2.93. The average Bonchev–Trinajstić information content (AvgIpc) is 2.73. The van der Waals surface area contributed by atoms with Crippen LogP contribution in [0.25, 0.3) is 0 Å². The van der Waals surface area contributed by atoms with Crippen LogP contribution in [0.1, 0.15) is 20.7 Å². The summed E-state index contributed by atoms with van der Waals surface area (Å²) in [7, 11) is 1.59. The second kappa shape index (κ2) is 9.23. The predicted molar refractivity (Wildman–Crippen MR) is 109 cm³/mol. The molecule has 3 N–H and O–H groups in total. The van der Waals surface area contributed by atoms with Gasteiger partial charge in [-0.25, -0.2) is 0 Å². The maximum absolute atomic E-state index is 12.6. The lowest BCUT2D eigenvalue weighted by Gasteiger charge is -2.34. The van der Waals surface area contributed by atoms with Crippen LogP contribution in [-0.4, -0.2) is 68.0 Å². The number of hydrogen-bond acceptors (Lipinski definition) is 5. The Bertz CT molecular complexity index is 815. The third kappa shape index (κ3) is 5.01. The molecule has 0 unspecified atom stereocenters. The molecule has 2 aromatic rings. The quantitative estimate of drug-likeness (QED) is 0.739. The van der Waals surface area contributed by atoms with Gasteiger partial charge in [-0.2, -0.15) is 0 Å². The molecule has 7 heteroatoms. The van der Waals surface area contributed by atoms with Crippen molar-refractivity contribution in [1.29, 1.82) is 0 Å². The van der Waals surface area contributed by atoms with Gasteiger partial charge in [0.2, 0.25) is 0 Å². The van der Waals surface area contributed by atoms with Crippen molar-refractivity contribution in [2.24, 2.45) is 0 Å². The Morgan fingerprint density at radius 2 is 1.75 bits per heavy atom. The Balaban J connectivity index is 1.40. The van der Waals surface area contributed by atoms with Crippen LogP contribution in [-0.2, 0) is 0 Å². The number of rotatable bonds is 6. The lowest BCUT2D eigenvalue weighted by atomic mass is 10.1. The van der Waals surface area contributed by atoms with E-state index in [1.165, 1.54) is 0 Å². The highest BCUT2D eigenvalue weighted by Gasteiger charge is 2.22. The van der Waals surface area contributed by atoms with Gasteiger partial charge in [-0.15, -0.1) is 0 Å². The van der Waals surface area contributed by atoms with E-state index < -0.39 is 0 Å². The van der Waals surface area contributed by atoms with Crippen LogP contribution in [0, 0.1) is 0 Å². The third-order valence-electron chi connectivity index (χ3n) is 4.86. The highest BCUT2D eigenvalue weighted by Crippen LogP contribution is 2.12. The van der Waals surface area contributed by atoms with Crippen molar-refractivity contribution in [3.05, 3.63) is 59.7 Å². The molecule has 0 aromatic heterocycles. The van der Waals surface area contributed by atoms with Crippen LogP contribution < -0.4 is 15.8 Å². The molecule has 148 valence electrons. The summed E-state index contributed by atoms with van der Waals surface area (Å²) in [6, 6.07) is 14.1. The molecule has 7 nitrogen and oxygen atoms in total. The van der Waals surface area contributed by atoms with Gasteiger partial charge in [0.1, 0.15) is 5.75 Å². The molecule has 28 heavy (non-hydrogen) atoms. The molecule has 0 saturated carbocycles. The highest BCUT2D eigenvalue weighted by atomic mass is 16.5. The van der Waals surface area contributed by atoms with Gasteiger partial charge >= 0.3 is 0 Å². The fourth-order valence-corrected chi connectivity index (χ4v) is 3.20. The molecular weight excluding hydrogens is 356 g/mol. The largest absolute Gasteiger partial charge is 0.497 e. The molecule has 1 fully saturated rings. The first-order valence-electron chi connectivity index (χ1n) is 9.36. The van der Waals surface area contributed by atoms with E-state index in [0.29, 0.717) is 36.4 Å². The highest BCUT2D eigenvalue weighted by molar-refractivity contribution is 5.95. The maximum atomic E-state index is 12.6. The number of amides is 2. The van der Waals surface area contributed by atoms with E-state index in [1.54, 1.807) is 55.6 Å². The number of benzene rings is 2. The number of methoxy groups -OCH3 is 1. The molecule has 2 amide bonds. The molecule has 0 spiro atoms. The average molecular weight is 382 g/mol. The summed E-state index contributed by atoms with van der Waals surface area (Å²) in [5.74, 6) is 0.639. The number of piperazine rings is 1. The zero-order valence-corrected chi connectivity index (χ0v) is 16.1. The predicted octanol–water partition coefficient (Wildman–Crippen LogP) is 1.47. The van der Waals surface area contributed by atoms with Crippen molar-refractivity contribution in [2.75, 3.05) is 52.1 Å². The Morgan fingerprint density at radius 3 is 2.39 bits per heavy atom. The van der Waals surface area contributed by atoms with Gasteiger partial charge in [-0.1, -0.05) is 6.07 Å². The second-order valence-corrected chi connectivity index (χ2v) is 6.74. The van der Waals surface area contributed by atoms with Gasteiger partial charge in [-0.3, -0.25) is 14.5 Å². The first-order chi connectivity index (χ1) is 13.6. The number of carbonyl (C=O) groups is 2. The first kappa shape index (κ1) is 19.7. The molecule has 2 aromatic carbocycles. The normalized spacial score (nSPS) is 14.5. The summed E-state index contributed by atoms with van der Waals surface area (Å²) < 4.78 is 5.10. The number of nitrogens with one attached hydrogen (secondary N) is 1. The smallest absolute Gasteiger partial charge is 0.254 e. The SMILES string of the molecule is COc1ccc(C(=O)NCCN2CCN(C(=O)c3cccc(N)c3)CC2)cc1. The molecular formula is C21H26N4O3. The number of anilines is 1. The van der Waals surface area contributed by atoms with Crippen molar-refractivity contribution in [3.63, 3.8) is 0 Å². The van der Waals surface area contributed by atoms with Crippen molar-refractivity contribution >= 4 is 17.5 Å². The van der Waals surface area contributed by atoms with Crippen LogP contribution in [0.2, 0.25) is 0 Å². The van der Waals surface area contributed by atoms with Crippen LogP contribution in [0.15, 0.2) is 48.5 Å². The van der Waals surface area contributed by atoms with Crippen molar-refractivity contribution < 1.29 is 14.3 Å². The Hall–Kier alpha value is -3.06. The van der Waals surface area contributed by atoms with Gasteiger partial charge in [0.05, 0.1) is 7.11 Å². The summed E-state index contributed by atoms with van der Waals surface area (Å²) >= 11 is 0. The topological polar surface area (TPSA) is 87.9 Å². The van der Waals surface area contributed by atoms with Crippen LogP contribution in [0.3, 0.4) is 0 Å². The van der Waals surface area contributed by atoms with Crippen molar-refractivity contribution in [1.82, 2.24) is 15.1 Å². The zero-order valence-electron chi connectivity index (χ0n) is 16.1. The molecule has 1 saturated heterocycles. The van der Waals surface area contributed by atoms with E-state index in [9.17, 15) is 9.59 Å². The number of nitrogens with two attached hydrogens (primary N) is 1. The molecule has 1 heterocycles. The van der Waals surface area contributed by atoms with Gasteiger partial charge < -0.3 is 20.7 Å². The minimum Gasteiger partial charge on any atom is -0.497 e. The molecule has 3 rings (SSSR count). The number of ether oxygens (including phenoxy) is 1. The van der Waals surface area contributed by atoms with E-state index in [4.69, 9.17) is 10.5 Å². The van der Waals surface area contributed by atoms with Crippen molar-refractivity contribution in [3.8, 4) is 5.75 Å². The van der Waals surface area contributed by atoms with Crippen LogP contribution in [0.5, 0.6) is 5.75 Å². The molecule has 0 radical (unpaired) electrons. The zero-order chi connectivity index (χ0) is 19.9. The number of carbonyl (C=O) groups excluding carboxylic acids is 2. The molecule has 1 aliphatic rings. The van der Waals surface area contributed by atoms with E-state index >= 15 is 0 Å². The monoisotopic (exact) mass is 382 g/mol. The Labute approximate surface area is 165 Å².